The Hall–Kier alpha value is -0.940. The summed E-state index contributed by atoms with van der Waals surface area (Å²) in [5, 5.41) is 0. The molecule has 1 unspecified atom stereocenters. The number of hydrogen-bond acceptors (Lipinski definition) is 4. The summed E-state index contributed by atoms with van der Waals surface area (Å²) in [5.74, 6) is 0.703. The van der Waals surface area contributed by atoms with Crippen molar-refractivity contribution in [3.8, 4) is 5.75 Å². The normalized spacial score (nSPS) is 19.7. The van der Waals surface area contributed by atoms with Crippen molar-refractivity contribution in [2.24, 2.45) is 0 Å². The molecule has 0 spiro atoms. The molecule has 17 heavy (non-hydrogen) atoms. The average molecular weight is 276 g/mol. The molecule has 1 atom stereocenters. The minimum Gasteiger partial charge on any atom is -0.487 e. The number of benzene rings is 1. The van der Waals surface area contributed by atoms with Gasteiger partial charge >= 0.3 is 0 Å². The Balaban J connectivity index is 2.50. The first kappa shape index (κ1) is 12.5. The third kappa shape index (κ3) is 2.50. The minimum absolute atomic E-state index is 0.0981. The van der Waals surface area contributed by atoms with Gasteiger partial charge in [-0.15, -0.1) is 0 Å². The Labute approximate surface area is 106 Å². The van der Waals surface area contributed by atoms with Crippen molar-refractivity contribution in [2.75, 3.05) is 18.0 Å². The minimum atomic E-state index is -3.69. The Morgan fingerprint density at radius 1 is 1.53 bits per heavy atom. The van der Waals surface area contributed by atoms with E-state index in [1.807, 2.05) is 13.8 Å². The van der Waals surface area contributed by atoms with Crippen LogP contribution in [-0.2, 0) is 9.05 Å². The van der Waals surface area contributed by atoms with Gasteiger partial charge < -0.3 is 9.64 Å². The molecular weight excluding hydrogens is 262 g/mol. The first-order chi connectivity index (χ1) is 7.91. The topological polar surface area (TPSA) is 46.6 Å². The van der Waals surface area contributed by atoms with E-state index in [1.165, 1.54) is 6.07 Å². The molecule has 6 heteroatoms. The molecule has 0 N–H and O–H groups in total. The van der Waals surface area contributed by atoms with Gasteiger partial charge in [0.1, 0.15) is 11.9 Å². The zero-order valence-corrected chi connectivity index (χ0v) is 11.3. The number of rotatable bonds is 2. The fourth-order valence-electron chi connectivity index (χ4n) is 1.96. The highest BCUT2D eigenvalue weighted by atomic mass is 35.7. The monoisotopic (exact) mass is 275 g/mol. The molecule has 94 valence electrons. The zero-order chi connectivity index (χ0) is 12.6. The fraction of sp³-hybridized carbons (Fsp3) is 0.455. The van der Waals surface area contributed by atoms with Gasteiger partial charge in [-0.3, -0.25) is 0 Å². The van der Waals surface area contributed by atoms with Crippen LogP contribution in [-0.4, -0.2) is 27.6 Å². The number of likely N-dealkylation sites (N-methyl/N-ethyl adjacent to an activating group) is 1. The number of hydrogen-bond donors (Lipinski definition) is 0. The number of ether oxygens (including phenoxy) is 1. The van der Waals surface area contributed by atoms with E-state index < -0.39 is 9.05 Å². The van der Waals surface area contributed by atoms with E-state index in [-0.39, 0.29) is 11.0 Å². The number of nitrogens with zero attached hydrogens (tertiary/aromatic N) is 1. The SMILES string of the molecule is CCN1CC(C)Oc2ccc(S(=O)(=O)Cl)cc21. The molecule has 1 aromatic carbocycles. The number of fused-ring (bicyclic) bond motifs is 1. The van der Waals surface area contributed by atoms with Gasteiger partial charge in [-0.1, -0.05) is 0 Å². The molecule has 4 nitrogen and oxygen atoms in total. The van der Waals surface area contributed by atoms with Gasteiger partial charge in [0.05, 0.1) is 17.1 Å². The van der Waals surface area contributed by atoms with E-state index in [0.717, 1.165) is 18.8 Å². The van der Waals surface area contributed by atoms with E-state index in [9.17, 15) is 8.42 Å². The molecule has 1 aromatic rings. The van der Waals surface area contributed by atoms with Crippen LogP contribution in [0.15, 0.2) is 23.1 Å². The molecule has 0 saturated carbocycles. The van der Waals surface area contributed by atoms with Gasteiger partial charge in [0.15, 0.2) is 0 Å². The number of halogens is 1. The third-order valence-corrected chi connectivity index (χ3v) is 4.09. The molecule has 0 aliphatic carbocycles. The molecule has 1 aliphatic rings. The van der Waals surface area contributed by atoms with Crippen LogP contribution in [0.4, 0.5) is 5.69 Å². The molecule has 0 aromatic heterocycles. The van der Waals surface area contributed by atoms with Gasteiger partial charge in [0.25, 0.3) is 9.05 Å². The van der Waals surface area contributed by atoms with Crippen molar-refractivity contribution >= 4 is 25.4 Å². The van der Waals surface area contributed by atoms with Crippen molar-refractivity contribution in [3.05, 3.63) is 18.2 Å². The molecule has 1 aliphatic heterocycles. The Bertz CT molecular complexity index is 530. The lowest BCUT2D eigenvalue weighted by Gasteiger charge is -2.34. The second-order valence-corrected chi connectivity index (χ2v) is 6.60. The molecule has 0 fully saturated rings. The summed E-state index contributed by atoms with van der Waals surface area (Å²) in [7, 11) is 1.64. The van der Waals surface area contributed by atoms with Gasteiger partial charge in [-0.2, -0.15) is 0 Å². The summed E-state index contributed by atoms with van der Waals surface area (Å²) in [4.78, 5) is 2.18. The summed E-state index contributed by atoms with van der Waals surface area (Å²) in [6.07, 6.45) is 0.0981. The first-order valence-electron chi connectivity index (χ1n) is 5.42. The Morgan fingerprint density at radius 3 is 2.82 bits per heavy atom. The van der Waals surface area contributed by atoms with Crippen LogP contribution < -0.4 is 9.64 Å². The van der Waals surface area contributed by atoms with Crippen LogP contribution in [0.5, 0.6) is 5.75 Å². The smallest absolute Gasteiger partial charge is 0.261 e. The van der Waals surface area contributed by atoms with Crippen molar-refractivity contribution in [2.45, 2.75) is 24.8 Å². The highest BCUT2D eigenvalue weighted by Gasteiger charge is 2.23. The van der Waals surface area contributed by atoms with Crippen LogP contribution >= 0.6 is 10.7 Å². The molecule has 0 saturated heterocycles. The lowest BCUT2D eigenvalue weighted by Crippen LogP contribution is -2.38. The van der Waals surface area contributed by atoms with Gasteiger partial charge in [-0.05, 0) is 32.0 Å². The average Bonchev–Trinajstić information content (AvgIpc) is 2.25. The van der Waals surface area contributed by atoms with E-state index in [4.69, 9.17) is 15.4 Å². The molecule has 0 radical (unpaired) electrons. The Morgan fingerprint density at radius 2 is 2.24 bits per heavy atom. The Kier molecular flexibility index (Phi) is 3.23. The zero-order valence-electron chi connectivity index (χ0n) is 9.68. The van der Waals surface area contributed by atoms with E-state index in [0.29, 0.717) is 5.75 Å². The van der Waals surface area contributed by atoms with Crippen LogP contribution in [0, 0.1) is 0 Å². The van der Waals surface area contributed by atoms with E-state index >= 15 is 0 Å². The third-order valence-electron chi connectivity index (χ3n) is 2.74. The summed E-state index contributed by atoms with van der Waals surface area (Å²) >= 11 is 0. The first-order valence-corrected chi connectivity index (χ1v) is 7.73. The van der Waals surface area contributed by atoms with E-state index in [2.05, 4.69) is 4.90 Å². The van der Waals surface area contributed by atoms with Crippen LogP contribution in [0.2, 0.25) is 0 Å². The van der Waals surface area contributed by atoms with Crippen molar-refractivity contribution in [3.63, 3.8) is 0 Å². The largest absolute Gasteiger partial charge is 0.487 e. The lowest BCUT2D eigenvalue weighted by atomic mass is 10.2. The van der Waals surface area contributed by atoms with Crippen LogP contribution in [0.25, 0.3) is 0 Å². The maximum atomic E-state index is 11.3. The second-order valence-electron chi connectivity index (χ2n) is 4.03. The van der Waals surface area contributed by atoms with Crippen LogP contribution in [0.3, 0.4) is 0 Å². The van der Waals surface area contributed by atoms with Gasteiger partial charge in [0, 0.05) is 17.2 Å². The summed E-state index contributed by atoms with van der Waals surface area (Å²) < 4.78 is 28.2. The summed E-state index contributed by atoms with van der Waals surface area (Å²) in [6.45, 7) is 5.54. The van der Waals surface area contributed by atoms with Crippen molar-refractivity contribution < 1.29 is 13.2 Å². The predicted molar refractivity (Wildman–Crippen MR) is 67.5 cm³/mol. The van der Waals surface area contributed by atoms with Crippen molar-refractivity contribution in [1.82, 2.24) is 0 Å². The summed E-state index contributed by atoms with van der Waals surface area (Å²) in [5.41, 5.74) is 0.785. The maximum absolute atomic E-state index is 11.3. The summed E-state index contributed by atoms with van der Waals surface area (Å²) in [6, 6.07) is 4.68. The standard InChI is InChI=1S/C11H14ClNO3S/c1-3-13-7-8(2)16-11-5-4-9(6-10(11)13)17(12,14)15/h4-6,8H,3,7H2,1-2H3. The predicted octanol–water partition coefficient (Wildman–Crippen LogP) is 2.22. The van der Waals surface area contributed by atoms with Gasteiger partial charge in [-0.25, -0.2) is 8.42 Å². The lowest BCUT2D eigenvalue weighted by molar-refractivity contribution is 0.213. The van der Waals surface area contributed by atoms with Gasteiger partial charge in [0.2, 0.25) is 0 Å². The van der Waals surface area contributed by atoms with Crippen molar-refractivity contribution in [1.29, 1.82) is 0 Å². The van der Waals surface area contributed by atoms with E-state index in [1.54, 1.807) is 12.1 Å². The molecule has 0 bridgehead atoms. The maximum Gasteiger partial charge on any atom is 0.261 e. The fourth-order valence-corrected chi connectivity index (χ4v) is 2.73. The molecule has 1 heterocycles. The molecular formula is C11H14ClNO3S. The van der Waals surface area contributed by atoms with Crippen LogP contribution in [0.1, 0.15) is 13.8 Å². The highest BCUT2D eigenvalue weighted by molar-refractivity contribution is 8.13. The number of anilines is 1. The second kappa shape index (κ2) is 4.38. The highest BCUT2D eigenvalue weighted by Crippen LogP contribution is 2.35. The quantitative estimate of drug-likeness (QED) is 0.777. The molecule has 0 amide bonds. The molecule has 2 rings (SSSR count).